The lowest BCUT2D eigenvalue weighted by Gasteiger charge is -2.41. The van der Waals surface area contributed by atoms with Crippen LogP contribution in [0.3, 0.4) is 0 Å². The molecule has 0 radical (unpaired) electrons. The van der Waals surface area contributed by atoms with E-state index in [1.54, 1.807) is 9.21 Å². The highest BCUT2D eigenvalue weighted by Gasteiger charge is 2.35. The maximum atomic E-state index is 12.1. The van der Waals surface area contributed by atoms with E-state index in [2.05, 4.69) is 11.1 Å². The fourth-order valence-corrected chi connectivity index (χ4v) is 5.33. The van der Waals surface area contributed by atoms with Gasteiger partial charge >= 0.3 is 6.09 Å². The van der Waals surface area contributed by atoms with Crippen LogP contribution in [-0.4, -0.2) is 74.0 Å². The zero-order valence-corrected chi connectivity index (χ0v) is 19.3. The summed E-state index contributed by atoms with van der Waals surface area (Å²) in [7, 11) is -2.66. The van der Waals surface area contributed by atoms with Crippen molar-refractivity contribution in [3.05, 3.63) is 29.6 Å². The van der Waals surface area contributed by atoms with E-state index in [4.69, 9.17) is 9.47 Å². The quantitative estimate of drug-likeness (QED) is 0.714. The number of rotatable bonds is 4. The highest BCUT2D eigenvalue weighted by molar-refractivity contribution is 8.21. The summed E-state index contributed by atoms with van der Waals surface area (Å²) in [6.07, 6.45) is 8.56. The Morgan fingerprint density at radius 2 is 2.03 bits per heavy atom. The van der Waals surface area contributed by atoms with Gasteiger partial charge in [0.15, 0.2) is 0 Å². The van der Waals surface area contributed by atoms with Crippen LogP contribution in [-0.2, 0) is 11.2 Å². The van der Waals surface area contributed by atoms with Gasteiger partial charge in [0, 0.05) is 44.4 Å². The van der Waals surface area contributed by atoms with Gasteiger partial charge in [0.1, 0.15) is 11.9 Å². The molecule has 0 spiro atoms. The summed E-state index contributed by atoms with van der Waals surface area (Å²) in [6, 6.07) is 2.12. The van der Waals surface area contributed by atoms with Crippen LogP contribution in [0.5, 0.6) is 5.75 Å². The number of likely N-dealkylation sites (tertiary alicyclic amines) is 1. The first kappa shape index (κ1) is 22.4. The Morgan fingerprint density at radius 3 is 2.65 bits per heavy atom. The van der Waals surface area contributed by atoms with E-state index in [0.29, 0.717) is 32.1 Å². The van der Waals surface area contributed by atoms with E-state index in [-0.39, 0.29) is 18.3 Å². The van der Waals surface area contributed by atoms with Crippen LogP contribution in [0.1, 0.15) is 44.4 Å². The van der Waals surface area contributed by atoms with Crippen LogP contribution >= 0.6 is 10.8 Å². The van der Waals surface area contributed by atoms with E-state index in [1.165, 1.54) is 11.8 Å². The molecule has 172 valence electrons. The highest BCUT2D eigenvalue weighted by atomic mass is 32.3. The van der Waals surface area contributed by atoms with E-state index in [9.17, 15) is 13.9 Å². The molecule has 0 saturated carbocycles. The van der Waals surface area contributed by atoms with Crippen molar-refractivity contribution in [2.45, 2.75) is 51.7 Å². The van der Waals surface area contributed by atoms with Gasteiger partial charge in [0.2, 0.25) is 0 Å². The largest absolute Gasteiger partial charge is 0.488 e. The van der Waals surface area contributed by atoms with Gasteiger partial charge in [-0.25, -0.2) is 9.10 Å². The second-order valence-corrected chi connectivity index (χ2v) is 11.1. The van der Waals surface area contributed by atoms with Crippen LogP contribution in [0.4, 0.5) is 4.79 Å². The zero-order chi connectivity index (χ0) is 22.2. The number of ether oxygens (including phenoxy) is 2. The molecule has 3 aliphatic heterocycles. The molecule has 0 aliphatic carbocycles. The molecule has 8 nitrogen and oxygen atoms in total. The topological polar surface area (TPSA) is 95.4 Å². The molecular weight excluding hydrogens is 418 g/mol. The van der Waals surface area contributed by atoms with Crippen LogP contribution in [0.15, 0.2) is 18.3 Å². The van der Waals surface area contributed by atoms with Crippen molar-refractivity contribution in [2.75, 3.05) is 32.4 Å². The van der Waals surface area contributed by atoms with Gasteiger partial charge in [0.05, 0.1) is 18.0 Å². The van der Waals surface area contributed by atoms with Crippen LogP contribution in [0, 0.1) is 5.92 Å². The third kappa shape index (κ3) is 5.16. The lowest BCUT2D eigenvalue weighted by Crippen LogP contribution is -2.43. The first-order chi connectivity index (χ1) is 14.7. The third-order valence-electron chi connectivity index (χ3n) is 6.30. The maximum absolute atomic E-state index is 12.1. The molecule has 31 heavy (non-hydrogen) atoms. The molecule has 1 unspecified atom stereocenters. The van der Waals surface area contributed by atoms with Gasteiger partial charge in [0.25, 0.3) is 0 Å². The van der Waals surface area contributed by atoms with Crippen LogP contribution in [0.2, 0.25) is 0 Å². The van der Waals surface area contributed by atoms with E-state index in [0.717, 1.165) is 42.7 Å². The minimum absolute atomic E-state index is 0.0972. The predicted octanol–water partition coefficient (Wildman–Crippen LogP) is 4.03. The van der Waals surface area contributed by atoms with Crippen molar-refractivity contribution in [3.63, 3.8) is 0 Å². The van der Waals surface area contributed by atoms with Crippen molar-refractivity contribution in [2.24, 2.45) is 5.92 Å². The fourth-order valence-electron chi connectivity index (χ4n) is 4.54. The van der Waals surface area contributed by atoms with Gasteiger partial charge in [-0.15, -0.1) is 10.8 Å². The molecule has 1 aromatic rings. The molecule has 0 bridgehead atoms. The summed E-state index contributed by atoms with van der Waals surface area (Å²) in [4.78, 5) is 18.5. The Kier molecular flexibility index (Phi) is 6.48. The predicted molar refractivity (Wildman–Crippen MR) is 121 cm³/mol. The second-order valence-electron chi connectivity index (χ2n) is 8.95. The van der Waals surface area contributed by atoms with E-state index < -0.39 is 10.8 Å². The third-order valence-corrected chi connectivity index (χ3v) is 7.61. The number of hydrogen-bond acceptors (Lipinski definition) is 7. The summed E-state index contributed by atoms with van der Waals surface area (Å²) in [5.41, 5.74) is 3.27. The normalized spacial score (nSPS) is 23.4. The summed E-state index contributed by atoms with van der Waals surface area (Å²) >= 11 is 0. The summed E-state index contributed by atoms with van der Waals surface area (Å²) in [6.45, 7) is 6.27. The fraction of sp³-hybridized carbons (Fsp3) is 0.636. The van der Waals surface area contributed by atoms with Gasteiger partial charge in [-0.1, -0.05) is 6.08 Å². The molecular formula is C22H33N3O5S. The van der Waals surface area contributed by atoms with Crippen molar-refractivity contribution < 1.29 is 23.4 Å². The SMILES string of the molecule is CC(C)OC(=O)N1CCC(C2Cc3cc(C4=CCN(S(C)(O)O)CC4)ncc3O2)CC1. The first-order valence-electron chi connectivity index (χ1n) is 11.0. The molecule has 1 aromatic heterocycles. The molecule has 9 heteroatoms. The molecule has 3 aliphatic rings. The minimum Gasteiger partial charge on any atom is -0.488 e. The zero-order valence-electron chi connectivity index (χ0n) is 18.5. The Labute approximate surface area is 185 Å². The standard InChI is InChI=1S/C22H33N3O5S/c1-15(2)29-22(26)24-8-4-17(5-9-24)20-13-18-12-19(23-14-21(18)30-20)16-6-10-25(11-7-16)31(3,27)28/h6,12,14-15,17,20,27-28H,4-5,7-11,13H2,1-3H3. The number of pyridine rings is 1. The Bertz CT molecular complexity index is 846. The summed E-state index contributed by atoms with van der Waals surface area (Å²) < 4.78 is 32.9. The molecule has 1 amide bonds. The molecule has 4 rings (SSSR count). The number of hydrogen-bond donors (Lipinski definition) is 2. The van der Waals surface area contributed by atoms with Gasteiger partial charge < -0.3 is 14.4 Å². The minimum atomic E-state index is -2.66. The number of aromatic nitrogens is 1. The average molecular weight is 452 g/mol. The summed E-state index contributed by atoms with van der Waals surface area (Å²) in [5.74, 6) is 1.27. The van der Waals surface area contributed by atoms with Crippen molar-refractivity contribution >= 4 is 22.4 Å². The number of amides is 1. The van der Waals surface area contributed by atoms with Gasteiger partial charge in [-0.05, 0) is 50.7 Å². The first-order valence-corrected chi connectivity index (χ1v) is 12.9. The van der Waals surface area contributed by atoms with Crippen LogP contribution < -0.4 is 4.74 Å². The Balaban J connectivity index is 1.34. The lowest BCUT2D eigenvalue weighted by atomic mass is 9.89. The number of carbonyl (C=O) groups is 1. The van der Waals surface area contributed by atoms with Crippen molar-refractivity contribution in [1.82, 2.24) is 14.2 Å². The van der Waals surface area contributed by atoms with Gasteiger partial charge in [-0.3, -0.25) is 14.1 Å². The van der Waals surface area contributed by atoms with Crippen molar-refractivity contribution in [1.29, 1.82) is 0 Å². The highest BCUT2D eigenvalue weighted by Crippen LogP contribution is 2.42. The van der Waals surface area contributed by atoms with Gasteiger partial charge in [-0.2, -0.15) is 0 Å². The maximum Gasteiger partial charge on any atom is 0.410 e. The van der Waals surface area contributed by atoms with E-state index >= 15 is 0 Å². The lowest BCUT2D eigenvalue weighted by molar-refractivity contribution is 0.0502. The molecule has 4 heterocycles. The molecule has 1 saturated heterocycles. The summed E-state index contributed by atoms with van der Waals surface area (Å²) in [5, 5.41) is 0. The molecule has 1 atom stereocenters. The van der Waals surface area contributed by atoms with Crippen LogP contribution in [0.25, 0.3) is 5.57 Å². The molecule has 0 aromatic carbocycles. The molecule has 2 N–H and O–H groups in total. The number of piperidine rings is 1. The monoisotopic (exact) mass is 451 g/mol. The van der Waals surface area contributed by atoms with E-state index in [1.807, 2.05) is 26.1 Å². The Morgan fingerprint density at radius 1 is 1.29 bits per heavy atom. The van der Waals surface area contributed by atoms with Crippen molar-refractivity contribution in [3.8, 4) is 5.75 Å². The number of fused-ring (bicyclic) bond motifs is 1. The number of carbonyl (C=O) groups excluding carboxylic acids is 1. The smallest absolute Gasteiger partial charge is 0.410 e. The molecule has 1 fully saturated rings. The average Bonchev–Trinajstić information content (AvgIpc) is 3.16. The Hall–Kier alpha value is -1.81. The number of nitrogens with zero attached hydrogens (tertiary/aromatic N) is 3. The second kappa shape index (κ2) is 8.97.